The number of allylic oxidation sites excluding steroid dienone is 3. The monoisotopic (exact) mass is 297 g/mol. The minimum atomic E-state index is -4.34. The summed E-state index contributed by atoms with van der Waals surface area (Å²) in [6.07, 6.45) is -1.66. The zero-order chi connectivity index (χ0) is 14.9. The molecule has 5 heteroatoms. The minimum Gasteiger partial charge on any atom is -0.236 e. The van der Waals surface area contributed by atoms with E-state index in [0.29, 0.717) is 10.5 Å². The molecule has 0 spiro atoms. The molecule has 0 aliphatic carbocycles. The van der Waals surface area contributed by atoms with Crippen molar-refractivity contribution in [2.75, 3.05) is 0 Å². The van der Waals surface area contributed by atoms with Crippen molar-refractivity contribution in [1.29, 1.82) is 0 Å². The van der Waals surface area contributed by atoms with Crippen LogP contribution < -0.4 is 0 Å². The standard InChI is InChI=1S/C15H14F3NS/c1-4-9(3)11(5-2)14-19-12-8-10(15(16,17)18)6-7-13(12)20-14/h5-8H,3-4H2,1-2H3/b11-5+. The third kappa shape index (κ3) is 2.77. The van der Waals surface area contributed by atoms with Gasteiger partial charge in [-0.1, -0.05) is 19.6 Å². The highest BCUT2D eigenvalue weighted by atomic mass is 32.1. The summed E-state index contributed by atoms with van der Waals surface area (Å²) in [5.41, 5.74) is 1.55. The molecule has 0 atom stereocenters. The van der Waals surface area contributed by atoms with Gasteiger partial charge in [0.05, 0.1) is 15.8 Å². The van der Waals surface area contributed by atoms with E-state index in [9.17, 15) is 13.2 Å². The van der Waals surface area contributed by atoms with E-state index in [-0.39, 0.29) is 0 Å². The number of benzene rings is 1. The van der Waals surface area contributed by atoms with E-state index in [4.69, 9.17) is 0 Å². The van der Waals surface area contributed by atoms with Crippen molar-refractivity contribution in [2.45, 2.75) is 26.4 Å². The minimum absolute atomic E-state index is 0.378. The van der Waals surface area contributed by atoms with Gasteiger partial charge in [0.25, 0.3) is 0 Å². The second kappa shape index (κ2) is 5.40. The summed E-state index contributed by atoms with van der Waals surface area (Å²) in [6, 6.07) is 3.66. The van der Waals surface area contributed by atoms with Crippen LogP contribution in [0.5, 0.6) is 0 Å². The first-order valence-corrected chi connectivity index (χ1v) is 7.01. The average molecular weight is 297 g/mol. The van der Waals surface area contributed by atoms with Gasteiger partial charge < -0.3 is 0 Å². The molecule has 0 bridgehead atoms. The Bertz CT molecular complexity index is 680. The number of thiazole rings is 1. The lowest BCUT2D eigenvalue weighted by Gasteiger charge is -2.05. The lowest BCUT2D eigenvalue weighted by atomic mass is 10.1. The van der Waals surface area contributed by atoms with Gasteiger partial charge in [0, 0.05) is 5.57 Å². The van der Waals surface area contributed by atoms with Gasteiger partial charge in [-0.15, -0.1) is 11.3 Å². The molecule has 2 rings (SSSR count). The first kappa shape index (κ1) is 14.8. The highest BCUT2D eigenvalue weighted by Gasteiger charge is 2.30. The zero-order valence-electron chi connectivity index (χ0n) is 11.2. The summed E-state index contributed by atoms with van der Waals surface area (Å²) in [5, 5.41) is 0.716. The maximum Gasteiger partial charge on any atom is 0.416 e. The van der Waals surface area contributed by atoms with Gasteiger partial charge in [-0.25, -0.2) is 4.98 Å². The van der Waals surface area contributed by atoms with Crippen LogP contribution in [0.25, 0.3) is 15.8 Å². The summed E-state index contributed by atoms with van der Waals surface area (Å²) in [5.74, 6) is 0. The summed E-state index contributed by atoms with van der Waals surface area (Å²) >= 11 is 1.39. The van der Waals surface area contributed by atoms with E-state index in [0.717, 1.165) is 34.4 Å². The maximum absolute atomic E-state index is 12.7. The predicted octanol–water partition coefficient (Wildman–Crippen LogP) is 5.68. The van der Waals surface area contributed by atoms with Crippen LogP contribution in [-0.4, -0.2) is 4.98 Å². The molecule has 0 unspecified atom stereocenters. The predicted molar refractivity (Wildman–Crippen MR) is 77.7 cm³/mol. The Morgan fingerprint density at radius 1 is 1.40 bits per heavy atom. The Labute approximate surface area is 119 Å². The number of aromatic nitrogens is 1. The molecule has 1 aromatic heterocycles. The van der Waals surface area contributed by atoms with E-state index < -0.39 is 11.7 Å². The molecule has 0 N–H and O–H groups in total. The zero-order valence-corrected chi connectivity index (χ0v) is 12.0. The Morgan fingerprint density at radius 2 is 2.10 bits per heavy atom. The topological polar surface area (TPSA) is 12.9 Å². The van der Waals surface area contributed by atoms with Gasteiger partial charge in [0.15, 0.2) is 0 Å². The van der Waals surface area contributed by atoms with Crippen molar-refractivity contribution in [2.24, 2.45) is 0 Å². The van der Waals surface area contributed by atoms with E-state index in [1.54, 1.807) is 0 Å². The number of alkyl halides is 3. The fraction of sp³-hybridized carbons (Fsp3) is 0.267. The lowest BCUT2D eigenvalue weighted by molar-refractivity contribution is -0.137. The van der Waals surface area contributed by atoms with Gasteiger partial charge in [0.2, 0.25) is 0 Å². The van der Waals surface area contributed by atoms with Crippen LogP contribution in [-0.2, 0) is 6.18 Å². The Morgan fingerprint density at radius 3 is 2.65 bits per heavy atom. The van der Waals surface area contributed by atoms with Crippen LogP contribution in [0.2, 0.25) is 0 Å². The summed E-state index contributed by atoms with van der Waals surface area (Å²) in [4.78, 5) is 4.32. The van der Waals surface area contributed by atoms with Crippen LogP contribution in [0.1, 0.15) is 30.8 Å². The van der Waals surface area contributed by atoms with Crippen molar-refractivity contribution < 1.29 is 13.2 Å². The Hall–Kier alpha value is -1.62. The molecule has 20 heavy (non-hydrogen) atoms. The third-order valence-corrected chi connectivity index (χ3v) is 4.11. The van der Waals surface area contributed by atoms with Crippen LogP contribution in [0, 0.1) is 0 Å². The number of hydrogen-bond acceptors (Lipinski definition) is 2. The second-order valence-electron chi connectivity index (χ2n) is 4.36. The maximum atomic E-state index is 12.7. The largest absolute Gasteiger partial charge is 0.416 e. The normalized spacial score (nSPS) is 12.9. The molecular formula is C15H14F3NS. The van der Waals surface area contributed by atoms with Crippen molar-refractivity contribution >= 4 is 27.1 Å². The van der Waals surface area contributed by atoms with Crippen molar-refractivity contribution in [1.82, 2.24) is 4.98 Å². The fourth-order valence-electron chi connectivity index (χ4n) is 1.89. The van der Waals surface area contributed by atoms with E-state index in [1.165, 1.54) is 17.4 Å². The molecule has 2 aromatic rings. The smallest absolute Gasteiger partial charge is 0.236 e. The third-order valence-electron chi connectivity index (χ3n) is 3.04. The van der Waals surface area contributed by atoms with Gasteiger partial charge in [-0.2, -0.15) is 13.2 Å². The number of halogens is 3. The summed E-state index contributed by atoms with van der Waals surface area (Å²) < 4.78 is 38.8. The molecule has 1 nitrogen and oxygen atoms in total. The van der Waals surface area contributed by atoms with E-state index in [1.807, 2.05) is 19.9 Å². The molecule has 0 aliphatic rings. The molecular weight excluding hydrogens is 283 g/mol. The Kier molecular flexibility index (Phi) is 3.99. The highest BCUT2D eigenvalue weighted by Crippen LogP contribution is 2.35. The molecule has 106 valence electrons. The molecule has 0 fully saturated rings. The van der Waals surface area contributed by atoms with Crippen LogP contribution in [0.3, 0.4) is 0 Å². The van der Waals surface area contributed by atoms with Gasteiger partial charge in [0.1, 0.15) is 5.01 Å². The lowest BCUT2D eigenvalue weighted by Crippen LogP contribution is -2.03. The Balaban J connectivity index is 2.52. The van der Waals surface area contributed by atoms with Gasteiger partial charge in [-0.3, -0.25) is 0 Å². The molecule has 1 heterocycles. The second-order valence-corrected chi connectivity index (χ2v) is 5.39. The van der Waals surface area contributed by atoms with Crippen LogP contribution >= 0.6 is 11.3 Å². The molecule has 1 aromatic carbocycles. The molecule has 0 radical (unpaired) electrons. The van der Waals surface area contributed by atoms with Gasteiger partial charge >= 0.3 is 6.18 Å². The van der Waals surface area contributed by atoms with Crippen LogP contribution in [0.4, 0.5) is 13.2 Å². The molecule has 0 aliphatic heterocycles. The van der Waals surface area contributed by atoms with Crippen molar-refractivity contribution in [3.63, 3.8) is 0 Å². The molecule has 0 saturated carbocycles. The SMILES string of the molecule is C=C(CC)/C(=C\C)c1nc2cc(C(F)(F)F)ccc2s1. The summed E-state index contributed by atoms with van der Waals surface area (Å²) in [6.45, 7) is 7.83. The van der Waals surface area contributed by atoms with Gasteiger partial charge in [-0.05, 0) is 37.1 Å². The first-order valence-electron chi connectivity index (χ1n) is 6.19. The highest BCUT2D eigenvalue weighted by molar-refractivity contribution is 7.19. The van der Waals surface area contributed by atoms with Crippen molar-refractivity contribution in [3.8, 4) is 0 Å². The summed E-state index contributed by atoms with van der Waals surface area (Å²) in [7, 11) is 0. The van der Waals surface area contributed by atoms with Crippen LogP contribution in [0.15, 0.2) is 36.4 Å². The number of hydrogen-bond donors (Lipinski definition) is 0. The number of nitrogens with zero attached hydrogens (tertiary/aromatic N) is 1. The van der Waals surface area contributed by atoms with Crippen molar-refractivity contribution in [3.05, 3.63) is 47.0 Å². The van der Waals surface area contributed by atoms with E-state index in [2.05, 4.69) is 11.6 Å². The number of rotatable bonds is 3. The first-order chi connectivity index (χ1) is 9.36. The fourth-order valence-corrected chi connectivity index (χ4v) is 2.96. The molecule has 0 saturated heterocycles. The van der Waals surface area contributed by atoms with E-state index >= 15 is 0 Å². The molecule has 0 amide bonds. The number of fused-ring (bicyclic) bond motifs is 1. The average Bonchev–Trinajstić information content (AvgIpc) is 2.80. The quantitative estimate of drug-likeness (QED) is 0.664.